The summed E-state index contributed by atoms with van der Waals surface area (Å²) in [7, 11) is -3.52. The maximum Gasteiger partial charge on any atom is 0.243 e. The van der Waals surface area contributed by atoms with Gasteiger partial charge in [0.2, 0.25) is 10.0 Å². The van der Waals surface area contributed by atoms with E-state index in [0.29, 0.717) is 16.5 Å². The molecule has 5 heteroatoms. The molecule has 1 saturated heterocycles. The standard InChI is InChI=1S/C18H20ClNO2S/c1-13-9-10-15(12-14(13)2)23(21,22)20-11-5-8-18(20)16-6-3-4-7-17(16)19/h3-4,6-7,9-10,12,18H,5,8,11H2,1-2H3/t18-/m1/s1. The van der Waals surface area contributed by atoms with E-state index in [9.17, 15) is 8.42 Å². The lowest BCUT2D eigenvalue weighted by atomic mass is 10.1. The van der Waals surface area contributed by atoms with Crippen LogP contribution in [0.15, 0.2) is 47.4 Å². The molecule has 2 aromatic carbocycles. The van der Waals surface area contributed by atoms with Crippen molar-refractivity contribution in [1.82, 2.24) is 4.31 Å². The molecule has 122 valence electrons. The van der Waals surface area contributed by atoms with Crippen molar-refractivity contribution in [3.8, 4) is 0 Å². The first kappa shape index (κ1) is 16.5. The summed E-state index contributed by atoms with van der Waals surface area (Å²) < 4.78 is 27.7. The van der Waals surface area contributed by atoms with Gasteiger partial charge in [-0.25, -0.2) is 8.42 Å². The van der Waals surface area contributed by atoms with Gasteiger partial charge < -0.3 is 0 Å². The fourth-order valence-electron chi connectivity index (χ4n) is 3.09. The van der Waals surface area contributed by atoms with E-state index >= 15 is 0 Å². The Balaban J connectivity index is 2.01. The Kier molecular flexibility index (Phi) is 4.50. The van der Waals surface area contributed by atoms with Gasteiger partial charge in [0.05, 0.1) is 10.9 Å². The molecule has 0 amide bonds. The molecule has 1 heterocycles. The van der Waals surface area contributed by atoms with Crippen molar-refractivity contribution in [2.24, 2.45) is 0 Å². The van der Waals surface area contributed by atoms with E-state index in [0.717, 1.165) is 29.5 Å². The predicted molar refractivity (Wildman–Crippen MR) is 93.2 cm³/mol. The number of hydrogen-bond acceptors (Lipinski definition) is 2. The lowest BCUT2D eigenvalue weighted by molar-refractivity contribution is 0.397. The van der Waals surface area contributed by atoms with Gasteiger partial charge in [0, 0.05) is 11.6 Å². The molecular formula is C18H20ClNO2S. The Morgan fingerprint density at radius 1 is 1.09 bits per heavy atom. The molecule has 0 unspecified atom stereocenters. The molecule has 0 saturated carbocycles. The van der Waals surface area contributed by atoms with E-state index in [2.05, 4.69) is 0 Å². The van der Waals surface area contributed by atoms with Gasteiger partial charge in [0.15, 0.2) is 0 Å². The second-order valence-corrected chi connectivity index (χ2v) is 8.34. The molecule has 0 aromatic heterocycles. The van der Waals surface area contributed by atoms with Gasteiger partial charge in [-0.1, -0.05) is 35.9 Å². The fourth-order valence-corrected chi connectivity index (χ4v) is 5.12. The first-order valence-electron chi connectivity index (χ1n) is 7.75. The van der Waals surface area contributed by atoms with Crippen LogP contribution in [0.4, 0.5) is 0 Å². The molecule has 0 radical (unpaired) electrons. The van der Waals surface area contributed by atoms with Crippen molar-refractivity contribution in [1.29, 1.82) is 0 Å². The largest absolute Gasteiger partial charge is 0.243 e. The van der Waals surface area contributed by atoms with Crippen molar-refractivity contribution in [2.75, 3.05) is 6.54 Å². The van der Waals surface area contributed by atoms with Gasteiger partial charge in [-0.3, -0.25) is 0 Å². The van der Waals surface area contributed by atoms with Crippen LogP contribution in [0.1, 0.15) is 35.6 Å². The third kappa shape index (κ3) is 3.03. The first-order chi connectivity index (χ1) is 10.9. The van der Waals surface area contributed by atoms with Crippen LogP contribution in [-0.4, -0.2) is 19.3 Å². The van der Waals surface area contributed by atoms with Gasteiger partial charge in [-0.15, -0.1) is 0 Å². The van der Waals surface area contributed by atoms with Crippen LogP contribution >= 0.6 is 11.6 Å². The number of sulfonamides is 1. The lowest BCUT2D eigenvalue weighted by Crippen LogP contribution is -2.30. The van der Waals surface area contributed by atoms with Crippen LogP contribution in [0.5, 0.6) is 0 Å². The zero-order valence-electron chi connectivity index (χ0n) is 13.3. The van der Waals surface area contributed by atoms with E-state index in [1.54, 1.807) is 16.4 Å². The van der Waals surface area contributed by atoms with Crippen LogP contribution in [0.25, 0.3) is 0 Å². The number of benzene rings is 2. The van der Waals surface area contributed by atoms with Crippen molar-refractivity contribution in [3.63, 3.8) is 0 Å². The Morgan fingerprint density at radius 2 is 1.83 bits per heavy atom. The summed E-state index contributed by atoms with van der Waals surface area (Å²) in [6, 6.07) is 12.6. The summed E-state index contributed by atoms with van der Waals surface area (Å²) in [4.78, 5) is 0.361. The summed E-state index contributed by atoms with van der Waals surface area (Å²) in [5, 5.41) is 0.625. The molecule has 1 atom stereocenters. The number of hydrogen-bond donors (Lipinski definition) is 0. The van der Waals surface area contributed by atoms with E-state index in [1.807, 2.05) is 44.2 Å². The number of nitrogens with zero attached hydrogens (tertiary/aromatic N) is 1. The van der Waals surface area contributed by atoms with Gasteiger partial charge >= 0.3 is 0 Å². The highest BCUT2D eigenvalue weighted by molar-refractivity contribution is 7.89. The minimum Gasteiger partial charge on any atom is -0.207 e. The quantitative estimate of drug-likeness (QED) is 0.819. The fraction of sp³-hybridized carbons (Fsp3) is 0.333. The average Bonchev–Trinajstić information content (AvgIpc) is 3.00. The maximum absolute atomic E-state index is 13.1. The summed E-state index contributed by atoms with van der Waals surface area (Å²) in [6.07, 6.45) is 1.65. The molecule has 0 spiro atoms. The van der Waals surface area contributed by atoms with Crippen LogP contribution in [0, 0.1) is 13.8 Å². The van der Waals surface area contributed by atoms with E-state index < -0.39 is 10.0 Å². The zero-order chi connectivity index (χ0) is 16.6. The molecule has 3 rings (SSSR count). The van der Waals surface area contributed by atoms with Crippen molar-refractivity contribution in [2.45, 2.75) is 37.6 Å². The number of rotatable bonds is 3. The van der Waals surface area contributed by atoms with Crippen LogP contribution < -0.4 is 0 Å². The summed E-state index contributed by atoms with van der Waals surface area (Å²) >= 11 is 6.29. The Labute approximate surface area is 142 Å². The van der Waals surface area contributed by atoms with Crippen molar-refractivity contribution in [3.05, 3.63) is 64.2 Å². The molecule has 3 nitrogen and oxygen atoms in total. The number of aryl methyl sites for hydroxylation is 2. The molecule has 0 bridgehead atoms. The molecule has 1 fully saturated rings. The highest BCUT2D eigenvalue weighted by Gasteiger charge is 2.37. The smallest absolute Gasteiger partial charge is 0.207 e. The molecule has 2 aromatic rings. The molecule has 0 N–H and O–H groups in total. The topological polar surface area (TPSA) is 37.4 Å². The monoisotopic (exact) mass is 349 g/mol. The van der Waals surface area contributed by atoms with Gasteiger partial charge in [-0.05, 0) is 61.6 Å². The summed E-state index contributed by atoms with van der Waals surface area (Å²) in [6.45, 7) is 4.45. The van der Waals surface area contributed by atoms with Gasteiger partial charge in [-0.2, -0.15) is 4.31 Å². The van der Waals surface area contributed by atoms with Crippen LogP contribution in [0.3, 0.4) is 0 Å². The Hall–Kier alpha value is -1.36. The highest BCUT2D eigenvalue weighted by Crippen LogP contribution is 2.39. The SMILES string of the molecule is Cc1ccc(S(=O)(=O)N2CCC[C@@H]2c2ccccc2Cl)cc1C. The third-order valence-electron chi connectivity index (χ3n) is 4.55. The van der Waals surface area contributed by atoms with Crippen molar-refractivity contribution < 1.29 is 8.42 Å². The summed E-state index contributed by atoms with van der Waals surface area (Å²) in [5.41, 5.74) is 2.96. The Bertz CT molecular complexity index is 833. The van der Waals surface area contributed by atoms with Gasteiger partial charge in [0.1, 0.15) is 0 Å². The average molecular weight is 350 g/mol. The lowest BCUT2D eigenvalue weighted by Gasteiger charge is -2.25. The first-order valence-corrected chi connectivity index (χ1v) is 9.56. The van der Waals surface area contributed by atoms with Gasteiger partial charge in [0.25, 0.3) is 0 Å². The molecule has 0 aliphatic carbocycles. The van der Waals surface area contributed by atoms with Crippen LogP contribution in [0.2, 0.25) is 5.02 Å². The zero-order valence-corrected chi connectivity index (χ0v) is 14.9. The maximum atomic E-state index is 13.1. The van der Waals surface area contributed by atoms with E-state index in [1.165, 1.54) is 0 Å². The minimum atomic E-state index is -3.52. The highest BCUT2D eigenvalue weighted by atomic mass is 35.5. The minimum absolute atomic E-state index is 0.185. The number of halogens is 1. The second kappa shape index (κ2) is 6.27. The third-order valence-corrected chi connectivity index (χ3v) is 6.80. The molecule has 1 aliphatic rings. The van der Waals surface area contributed by atoms with E-state index in [-0.39, 0.29) is 6.04 Å². The van der Waals surface area contributed by atoms with Crippen LogP contribution in [-0.2, 0) is 10.0 Å². The van der Waals surface area contributed by atoms with E-state index in [4.69, 9.17) is 11.6 Å². The molecule has 1 aliphatic heterocycles. The second-order valence-electron chi connectivity index (χ2n) is 6.04. The summed E-state index contributed by atoms with van der Waals surface area (Å²) in [5.74, 6) is 0. The van der Waals surface area contributed by atoms with Crippen molar-refractivity contribution >= 4 is 21.6 Å². The molecule has 23 heavy (non-hydrogen) atoms. The Morgan fingerprint density at radius 3 is 2.52 bits per heavy atom. The normalized spacial score (nSPS) is 19.2. The molecular weight excluding hydrogens is 330 g/mol. The predicted octanol–water partition coefficient (Wildman–Crippen LogP) is 4.48.